The van der Waals surface area contributed by atoms with Crippen LogP contribution in [-0.2, 0) is 20.0 Å². The minimum absolute atomic E-state index is 0.0306. The second-order valence-electron chi connectivity index (χ2n) is 6.73. The number of nitrogens with zero attached hydrogens (tertiary/aromatic N) is 2. The van der Waals surface area contributed by atoms with Crippen molar-refractivity contribution in [2.24, 2.45) is 11.6 Å². The van der Waals surface area contributed by atoms with Crippen molar-refractivity contribution >= 4 is 31.5 Å². The summed E-state index contributed by atoms with van der Waals surface area (Å²) >= 11 is 0. The molecule has 0 aliphatic carbocycles. The number of carbonyl (C=O) groups excluding carboxylic acids is 1. The third-order valence-electron chi connectivity index (χ3n) is 4.85. The van der Waals surface area contributed by atoms with E-state index in [0.29, 0.717) is 12.2 Å². The molecule has 0 radical (unpaired) electrons. The molecule has 0 saturated carbocycles. The maximum atomic E-state index is 12.0. The van der Waals surface area contributed by atoms with Crippen molar-refractivity contribution in [3.63, 3.8) is 0 Å². The number of carbonyl (C=O) groups is 1. The average molecular weight is 434 g/mol. The monoisotopic (exact) mass is 433 g/mol. The van der Waals surface area contributed by atoms with Crippen LogP contribution in [0.3, 0.4) is 0 Å². The zero-order valence-electron chi connectivity index (χ0n) is 15.3. The summed E-state index contributed by atoms with van der Waals surface area (Å²) in [5.41, 5.74) is 6.06. The molecule has 12 heteroatoms. The molecule has 1 saturated heterocycles. The Morgan fingerprint density at radius 1 is 1.32 bits per heavy atom. The predicted octanol–water partition coefficient (Wildman–Crippen LogP) is -0.542. The number of sulfone groups is 1. The fourth-order valence-corrected chi connectivity index (χ4v) is 5.14. The molecule has 0 aromatic heterocycles. The molecule has 1 aromatic rings. The number of para-hydroxylation sites is 1. The third kappa shape index (κ3) is 5.08. The minimum Gasteiger partial charge on any atom is -0.366 e. The molecule has 10 nitrogen and oxygen atoms in total. The van der Waals surface area contributed by atoms with Crippen LogP contribution in [0.2, 0.25) is 0 Å². The van der Waals surface area contributed by atoms with Crippen molar-refractivity contribution < 1.29 is 30.8 Å². The van der Waals surface area contributed by atoms with Crippen LogP contribution in [0.15, 0.2) is 36.3 Å². The highest BCUT2D eigenvalue weighted by Gasteiger charge is 2.48. The van der Waals surface area contributed by atoms with Gasteiger partial charge in [0.1, 0.15) is 6.54 Å². The number of anilines is 1. The summed E-state index contributed by atoms with van der Waals surface area (Å²) in [5, 5.41) is -0.569. The Hall–Kier alpha value is -1.99. The van der Waals surface area contributed by atoms with Gasteiger partial charge < -0.3 is 10.6 Å². The number of piperazine rings is 1. The van der Waals surface area contributed by atoms with E-state index in [9.17, 15) is 26.2 Å². The average Bonchev–Trinajstić information content (AvgIpc) is 2.61. The highest BCUT2D eigenvalue weighted by atomic mass is 32.2. The molecule has 2 atom stereocenters. The first-order valence-corrected chi connectivity index (χ1v) is 11.7. The number of primary amides is 1. The summed E-state index contributed by atoms with van der Waals surface area (Å²) in [4.78, 5) is 13.3. The topological polar surface area (TPSA) is 161 Å². The molecule has 1 aromatic carbocycles. The summed E-state index contributed by atoms with van der Waals surface area (Å²) in [6, 6.07) is 6.48. The third-order valence-corrected chi connectivity index (χ3v) is 7.47. The zero-order chi connectivity index (χ0) is 21.2. The maximum absolute atomic E-state index is 12.0. The van der Waals surface area contributed by atoms with E-state index in [2.05, 4.69) is 6.58 Å². The molecule has 0 spiro atoms. The van der Waals surface area contributed by atoms with Crippen LogP contribution >= 0.6 is 0 Å². The Morgan fingerprint density at radius 3 is 2.54 bits per heavy atom. The molecule has 28 heavy (non-hydrogen) atoms. The van der Waals surface area contributed by atoms with Gasteiger partial charge in [-0.05, 0) is 12.1 Å². The summed E-state index contributed by atoms with van der Waals surface area (Å²) in [5.74, 6) is 5.38. The lowest BCUT2D eigenvalue weighted by atomic mass is 10.1. The first-order chi connectivity index (χ1) is 12.9. The lowest BCUT2D eigenvalue weighted by molar-refractivity contribution is -0.950. The molecule has 1 aliphatic rings. The molecule has 1 aliphatic heterocycles. The van der Waals surface area contributed by atoms with E-state index in [4.69, 9.17) is 11.6 Å². The highest BCUT2D eigenvalue weighted by Crippen LogP contribution is 2.27. The van der Waals surface area contributed by atoms with Gasteiger partial charge in [-0.25, -0.2) is 13.0 Å². The SMILES string of the molecule is C=CS(=O)(=O)CCC[N+]1(N)CCN(c2ccccc2C(N)=O)CC1S(=O)(=O)O. The molecule has 156 valence electrons. The molecule has 2 rings (SSSR count). The smallest absolute Gasteiger partial charge is 0.323 e. The van der Waals surface area contributed by atoms with Gasteiger partial charge in [0.2, 0.25) is 5.37 Å². The summed E-state index contributed by atoms with van der Waals surface area (Å²) in [6.07, 6.45) is 0.106. The van der Waals surface area contributed by atoms with Crippen molar-refractivity contribution in [2.45, 2.75) is 11.8 Å². The fourth-order valence-electron chi connectivity index (χ4n) is 3.33. The number of nitrogens with two attached hydrogens (primary N) is 2. The molecular weight excluding hydrogens is 408 g/mol. The Bertz CT molecular complexity index is 963. The normalized spacial score (nSPS) is 23.4. The van der Waals surface area contributed by atoms with Crippen molar-refractivity contribution in [1.29, 1.82) is 0 Å². The van der Waals surface area contributed by atoms with Crippen LogP contribution < -0.4 is 16.5 Å². The van der Waals surface area contributed by atoms with E-state index in [0.717, 1.165) is 5.41 Å². The summed E-state index contributed by atoms with van der Waals surface area (Å²) < 4.78 is 56.4. The first-order valence-electron chi connectivity index (χ1n) is 8.50. The first kappa shape index (κ1) is 22.3. The van der Waals surface area contributed by atoms with Crippen molar-refractivity contribution in [3.8, 4) is 0 Å². The second kappa shape index (κ2) is 8.17. The molecule has 2 unspecified atom stereocenters. The molecule has 1 fully saturated rings. The van der Waals surface area contributed by atoms with Gasteiger partial charge in [-0.3, -0.25) is 9.35 Å². The Labute approximate surface area is 164 Å². The minimum atomic E-state index is -4.56. The van der Waals surface area contributed by atoms with Crippen LogP contribution in [0.4, 0.5) is 5.69 Å². The Morgan fingerprint density at radius 2 is 1.96 bits per heavy atom. The number of hydrogen-bond acceptors (Lipinski definition) is 7. The lowest BCUT2D eigenvalue weighted by Crippen LogP contribution is -2.72. The van der Waals surface area contributed by atoms with Crippen molar-refractivity contribution in [2.75, 3.05) is 36.8 Å². The zero-order valence-corrected chi connectivity index (χ0v) is 16.9. The maximum Gasteiger partial charge on any atom is 0.323 e. The largest absolute Gasteiger partial charge is 0.366 e. The van der Waals surface area contributed by atoms with Gasteiger partial charge in [0.15, 0.2) is 9.84 Å². The fraction of sp³-hybridized carbons (Fsp3) is 0.438. The number of rotatable bonds is 8. The van der Waals surface area contributed by atoms with Crippen LogP contribution in [0, 0.1) is 0 Å². The van der Waals surface area contributed by atoms with E-state index in [1.165, 1.54) is 6.07 Å². The van der Waals surface area contributed by atoms with Gasteiger partial charge in [0.05, 0.1) is 31.0 Å². The summed E-state index contributed by atoms with van der Waals surface area (Å²) in [6.45, 7) is 3.50. The lowest BCUT2D eigenvalue weighted by Gasteiger charge is -2.45. The Kier molecular flexibility index (Phi) is 6.51. The number of hydrogen-bond donors (Lipinski definition) is 3. The highest BCUT2D eigenvalue weighted by molar-refractivity contribution is 7.94. The van der Waals surface area contributed by atoms with Crippen LogP contribution in [0.5, 0.6) is 0 Å². The van der Waals surface area contributed by atoms with E-state index >= 15 is 0 Å². The molecule has 1 amide bonds. The number of quaternary nitrogens is 1. The number of amides is 1. The molecule has 0 bridgehead atoms. The van der Waals surface area contributed by atoms with Gasteiger partial charge in [0.25, 0.3) is 5.91 Å². The molecule has 1 heterocycles. The van der Waals surface area contributed by atoms with Gasteiger partial charge in [-0.1, -0.05) is 18.7 Å². The second-order valence-corrected chi connectivity index (χ2v) is 10.4. The van der Waals surface area contributed by atoms with Crippen LogP contribution in [0.25, 0.3) is 0 Å². The summed E-state index contributed by atoms with van der Waals surface area (Å²) in [7, 11) is -8.00. The molecular formula is C16H25N4O6S2+. The van der Waals surface area contributed by atoms with Crippen molar-refractivity contribution in [1.82, 2.24) is 0 Å². The number of benzene rings is 1. The van der Waals surface area contributed by atoms with Crippen LogP contribution in [-0.4, -0.2) is 69.2 Å². The predicted molar refractivity (Wildman–Crippen MR) is 105 cm³/mol. The van der Waals surface area contributed by atoms with E-state index in [1.54, 1.807) is 23.1 Å². The quantitative estimate of drug-likeness (QED) is 0.280. The van der Waals surface area contributed by atoms with E-state index < -0.39 is 35.8 Å². The van der Waals surface area contributed by atoms with Crippen LogP contribution in [0.1, 0.15) is 16.8 Å². The standard InChI is InChI=1S/C16H24N4O6S2/c1-2-27(22,23)11-5-9-20(18)10-8-19(12-15(20)28(24,25)26)14-7-4-3-6-13(14)16(17)21/h2-4,6-7,15H,1,5,8-12,18H2,(H2-,17,21,24,25,26)/p+1. The van der Waals surface area contributed by atoms with Gasteiger partial charge in [-0.15, -0.1) is 0 Å². The van der Waals surface area contributed by atoms with Gasteiger partial charge >= 0.3 is 10.1 Å². The van der Waals surface area contributed by atoms with Gasteiger partial charge in [0, 0.05) is 17.5 Å². The van der Waals surface area contributed by atoms with Crippen molar-refractivity contribution in [3.05, 3.63) is 41.8 Å². The van der Waals surface area contributed by atoms with E-state index in [1.807, 2.05) is 0 Å². The Balaban J connectivity index is 2.27. The van der Waals surface area contributed by atoms with Gasteiger partial charge in [-0.2, -0.15) is 14.3 Å². The van der Waals surface area contributed by atoms with E-state index in [-0.39, 0.29) is 37.4 Å². The molecule has 5 N–H and O–H groups in total.